The van der Waals surface area contributed by atoms with Gasteiger partial charge in [-0.2, -0.15) is 0 Å². The normalized spacial score (nSPS) is 11.4. The van der Waals surface area contributed by atoms with Gasteiger partial charge in [-0.15, -0.1) is 0 Å². The van der Waals surface area contributed by atoms with Crippen molar-refractivity contribution in [1.82, 2.24) is 0 Å². The van der Waals surface area contributed by atoms with Crippen molar-refractivity contribution in [1.29, 1.82) is 0 Å². The van der Waals surface area contributed by atoms with Crippen LogP contribution in [-0.2, 0) is 30.3 Å². The largest absolute Gasteiger partial charge is 0.447 e. The lowest BCUT2D eigenvalue weighted by atomic mass is 10.1. The minimum atomic E-state index is -1.14. The van der Waals surface area contributed by atoms with Gasteiger partial charge in [-0.3, -0.25) is 4.79 Å². The lowest BCUT2D eigenvalue weighted by Crippen LogP contribution is -2.31. The second-order valence-corrected chi connectivity index (χ2v) is 5.05. The van der Waals surface area contributed by atoms with E-state index in [1.807, 2.05) is 0 Å². The fraction of sp³-hybridized carbons (Fsp3) is 0.312. The van der Waals surface area contributed by atoms with Crippen LogP contribution in [0.5, 0.6) is 0 Å². The molecule has 0 fully saturated rings. The first kappa shape index (κ1) is 17.9. The Kier molecular flexibility index (Phi) is 6.79. The molecule has 0 aliphatic carbocycles. The van der Waals surface area contributed by atoms with Crippen LogP contribution in [-0.4, -0.2) is 24.0 Å². The SMILES string of the molecule is C=C(C)C(=O)OC(CC)C(=O)OC(=O)Cc1ccccc1Cl. The molecule has 6 heteroatoms. The Bertz CT molecular complexity index is 594. The summed E-state index contributed by atoms with van der Waals surface area (Å²) in [5, 5.41) is 0.410. The van der Waals surface area contributed by atoms with Gasteiger partial charge in [0.1, 0.15) is 0 Å². The monoisotopic (exact) mass is 324 g/mol. The molecule has 0 heterocycles. The van der Waals surface area contributed by atoms with Crippen LogP contribution in [0, 0.1) is 0 Å². The fourth-order valence-electron chi connectivity index (χ4n) is 1.54. The van der Waals surface area contributed by atoms with Crippen molar-refractivity contribution in [3.05, 3.63) is 47.0 Å². The van der Waals surface area contributed by atoms with Crippen molar-refractivity contribution in [2.24, 2.45) is 0 Å². The third kappa shape index (κ3) is 5.33. The summed E-state index contributed by atoms with van der Waals surface area (Å²) < 4.78 is 9.61. The summed E-state index contributed by atoms with van der Waals surface area (Å²) in [6.07, 6.45) is -1.09. The maximum Gasteiger partial charge on any atom is 0.355 e. The van der Waals surface area contributed by atoms with Gasteiger partial charge >= 0.3 is 17.9 Å². The molecular weight excluding hydrogens is 308 g/mol. The summed E-state index contributed by atoms with van der Waals surface area (Å²) in [5.41, 5.74) is 0.711. The second kappa shape index (κ2) is 8.34. The van der Waals surface area contributed by atoms with Gasteiger partial charge in [-0.05, 0) is 25.0 Å². The van der Waals surface area contributed by atoms with Crippen LogP contribution in [0.1, 0.15) is 25.8 Å². The number of ether oxygens (including phenoxy) is 2. The number of carbonyl (C=O) groups excluding carboxylic acids is 3. The standard InChI is InChI=1S/C16H17ClO5/c1-4-13(21-15(19)10(2)3)16(20)22-14(18)9-11-7-5-6-8-12(11)17/h5-8,13H,2,4,9H2,1,3H3. The molecule has 0 saturated heterocycles. The van der Waals surface area contributed by atoms with Gasteiger partial charge in [0.2, 0.25) is 0 Å². The smallest absolute Gasteiger partial charge is 0.355 e. The Labute approximate surface area is 133 Å². The van der Waals surface area contributed by atoms with Crippen LogP contribution in [0.25, 0.3) is 0 Å². The summed E-state index contributed by atoms with van der Waals surface area (Å²) in [5.74, 6) is -2.38. The van der Waals surface area contributed by atoms with E-state index in [9.17, 15) is 14.4 Å². The Morgan fingerprint density at radius 1 is 1.27 bits per heavy atom. The molecule has 118 valence electrons. The van der Waals surface area contributed by atoms with Crippen molar-refractivity contribution in [2.75, 3.05) is 0 Å². The van der Waals surface area contributed by atoms with Gasteiger partial charge in [0.15, 0.2) is 6.10 Å². The van der Waals surface area contributed by atoms with Crippen molar-refractivity contribution in [3.63, 3.8) is 0 Å². The molecular formula is C16H17ClO5. The maximum absolute atomic E-state index is 11.8. The molecule has 0 aliphatic heterocycles. The van der Waals surface area contributed by atoms with Gasteiger partial charge in [0, 0.05) is 10.6 Å². The fourth-order valence-corrected chi connectivity index (χ4v) is 1.74. The number of halogens is 1. The molecule has 22 heavy (non-hydrogen) atoms. The molecule has 0 aliphatic rings. The lowest BCUT2D eigenvalue weighted by Gasteiger charge is -2.14. The number of hydrogen-bond acceptors (Lipinski definition) is 5. The predicted molar refractivity (Wildman–Crippen MR) is 81.2 cm³/mol. The van der Waals surface area contributed by atoms with Gasteiger partial charge < -0.3 is 9.47 Å². The van der Waals surface area contributed by atoms with E-state index in [2.05, 4.69) is 6.58 Å². The predicted octanol–water partition coefficient (Wildman–Crippen LogP) is 2.85. The molecule has 1 rings (SSSR count). The van der Waals surface area contributed by atoms with Crippen LogP contribution in [0.4, 0.5) is 0 Å². The van der Waals surface area contributed by atoms with Crippen LogP contribution >= 0.6 is 11.6 Å². The zero-order valence-electron chi connectivity index (χ0n) is 12.4. The molecule has 0 aromatic heterocycles. The number of esters is 3. The highest BCUT2D eigenvalue weighted by Gasteiger charge is 2.25. The summed E-state index contributed by atoms with van der Waals surface area (Å²) in [6.45, 7) is 6.52. The van der Waals surface area contributed by atoms with Crippen molar-refractivity contribution < 1.29 is 23.9 Å². The van der Waals surface area contributed by atoms with Crippen molar-refractivity contribution in [2.45, 2.75) is 32.8 Å². The second-order valence-electron chi connectivity index (χ2n) is 4.64. The first-order valence-corrected chi connectivity index (χ1v) is 7.07. The average Bonchev–Trinajstić information content (AvgIpc) is 2.46. The molecule has 5 nitrogen and oxygen atoms in total. The molecule has 0 bridgehead atoms. The van der Waals surface area contributed by atoms with E-state index in [1.54, 1.807) is 31.2 Å². The number of carbonyl (C=O) groups is 3. The highest BCUT2D eigenvalue weighted by Crippen LogP contribution is 2.16. The minimum absolute atomic E-state index is 0.143. The van der Waals surface area contributed by atoms with Gasteiger partial charge in [0.25, 0.3) is 0 Å². The molecule has 1 atom stereocenters. The summed E-state index contributed by atoms with van der Waals surface area (Å²) in [7, 11) is 0. The zero-order chi connectivity index (χ0) is 16.7. The summed E-state index contributed by atoms with van der Waals surface area (Å²) in [6, 6.07) is 6.74. The van der Waals surface area contributed by atoms with E-state index < -0.39 is 24.0 Å². The topological polar surface area (TPSA) is 69.7 Å². The zero-order valence-corrected chi connectivity index (χ0v) is 13.2. The number of rotatable bonds is 6. The molecule has 0 saturated carbocycles. The van der Waals surface area contributed by atoms with E-state index in [0.717, 1.165) is 0 Å². The molecule has 1 aromatic carbocycles. The molecule has 0 amide bonds. The highest BCUT2D eigenvalue weighted by molar-refractivity contribution is 6.31. The van der Waals surface area contributed by atoms with E-state index >= 15 is 0 Å². The van der Waals surface area contributed by atoms with Crippen LogP contribution in [0.15, 0.2) is 36.4 Å². The first-order chi connectivity index (χ1) is 10.3. The van der Waals surface area contributed by atoms with Gasteiger partial charge in [0.05, 0.1) is 6.42 Å². The van der Waals surface area contributed by atoms with E-state index in [0.29, 0.717) is 10.6 Å². The number of benzene rings is 1. The minimum Gasteiger partial charge on any atom is -0.447 e. The molecule has 0 radical (unpaired) electrons. The third-order valence-corrected chi connectivity index (χ3v) is 3.11. The van der Waals surface area contributed by atoms with Crippen molar-refractivity contribution in [3.8, 4) is 0 Å². The molecule has 0 N–H and O–H groups in total. The van der Waals surface area contributed by atoms with Crippen LogP contribution in [0.3, 0.4) is 0 Å². The highest BCUT2D eigenvalue weighted by atomic mass is 35.5. The molecule has 1 aromatic rings. The van der Waals surface area contributed by atoms with Gasteiger partial charge in [-0.1, -0.05) is 43.3 Å². The van der Waals surface area contributed by atoms with E-state index in [-0.39, 0.29) is 18.4 Å². The van der Waals surface area contributed by atoms with E-state index in [4.69, 9.17) is 21.1 Å². The van der Waals surface area contributed by atoms with Crippen LogP contribution in [0.2, 0.25) is 5.02 Å². The van der Waals surface area contributed by atoms with E-state index in [1.165, 1.54) is 6.92 Å². The third-order valence-electron chi connectivity index (χ3n) is 2.74. The first-order valence-electron chi connectivity index (χ1n) is 6.69. The molecule has 1 unspecified atom stereocenters. The van der Waals surface area contributed by atoms with Crippen molar-refractivity contribution >= 4 is 29.5 Å². The summed E-state index contributed by atoms with van der Waals surface area (Å²) in [4.78, 5) is 35.0. The quantitative estimate of drug-likeness (QED) is 0.457. The average molecular weight is 325 g/mol. The Hall–Kier alpha value is -2.14. The maximum atomic E-state index is 11.8. The number of hydrogen-bond donors (Lipinski definition) is 0. The summed E-state index contributed by atoms with van der Waals surface area (Å²) >= 11 is 5.93. The van der Waals surface area contributed by atoms with Crippen LogP contribution < -0.4 is 0 Å². The Morgan fingerprint density at radius 3 is 2.45 bits per heavy atom. The van der Waals surface area contributed by atoms with Gasteiger partial charge in [-0.25, -0.2) is 9.59 Å². The molecule has 0 spiro atoms. The Morgan fingerprint density at radius 2 is 1.91 bits per heavy atom. The lowest BCUT2D eigenvalue weighted by molar-refractivity contribution is -0.172. The Balaban J connectivity index is 2.62.